The zero-order chi connectivity index (χ0) is 19.6. The molecular weight excluding hydrogens is 382 g/mol. The fourth-order valence-corrected chi connectivity index (χ4v) is 4.83. The first-order chi connectivity index (χ1) is 14.3. The summed E-state index contributed by atoms with van der Waals surface area (Å²) in [5.74, 6) is 0. The zero-order valence-corrected chi connectivity index (χ0v) is 17.2. The van der Waals surface area contributed by atoms with Crippen molar-refractivity contribution in [3.63, 3.8) is 0 Å². The molecule has 5 nitrogen and oxygen atoms in total. The fourth-order valence-electron chi connectivity index (χ4n) is 4.70. The summed E-state index contributed by atoms with van der Waals surface area (Å²) in [5.41, 5.74) is 3.37. The Morgan fingerprint density at radius 1 is 0.828 bits per heavy atom. The third-order valence-corrected chi connectivity index (χ3v) is 6.61. The van der Waals surface area contributed by atoms with E-state index in [1.54, 1.807) is 0 Å². The molecule has 0 amide bonds. The summed E-state index contributed by atoms with van der Waals surface area (Å²) in [7, 11) is 0. The van der Waals surface area contributed by atoms with E-state index >= 15 is 0 Å². The molecule has 0 radical (unpaired) electrons. The molecule has 0 N–H and O–H groups in total. The molecule has 1 saturated heterocycles. The van der Waals surface area contributed by atoms with Crippen LogP contribution in [0.5, 0.6) is 0 Å². The van der Waals surface area contributed by atoms with E-state index in [9.17, 15) is 0 Å². The summed E-state index contributed by atoms with van der Waals surface area (Å²) in [6, 6.07) is 19.6. The summed E-state index contributed by atoms with van der Waals surface area (Å²) in [5, 5.41) is 9.64. The molecular formula is C23H26ClN5. The van der Waals surface area contributed by atoms with Gasteiger partial charge in [-0.3, -0.25) is 4.90 Å². The minimum atomic E-state index is 0.458. The summed E-state index contributed by atoms with van der Waals surface area (Å²) in [6.07, 6.45) is 5.70. The number of nitrogens with zero attached hydrogens (tertiary/aromatic N) is 5. The van der Waals surface area contributed by atoms with Gasteiger partial charge in [0.05, 0.1) is 12.2 Å². The molecule has 5 rings (SSSR count). The lowest BCUT2D eigenvalue weighted by Gasteiger charge is -2.39. The molecule has 2 aromatic carbocycles. The third kappa shape index (κ3) is 4.02. The van der Waals surface area contributed by atoms with E-state index in [-0.39, 0.29) is 0 Å². The third-order valence-electron chi connectivity index (χ3n) is 6.35. The average molecular weight is 408 g/mol. The minimum absolute atomic E-state index is 0.458. The Morgan fingerprint density at radius 2 is 1.55 bits per heavy atom. The van der Waals surface area contributed by atoms with E-state index < -0.39 is 0 Å². The molecule has 1 aromatic heterocycles. The first-order valence-corrected chi connectivity index (χ1v) is 10.9. The highest BCUT2D eigenvalue weighted by Gasteiger charge is 2.32. The van der Waals surface area contributed by atoms with Gasteiger partial charge in [-0.2, -0.15) is 0 Å². The molecule has 6 heteroatoms. The molecule has 1 aliphatic heterocycles. The standard InChI is InChI=1S/C23H26ClN5/c24-19-6-8-20(9-7-19)27-12-14-28(15-13-27)21-10-11-22(16-21)29-17-23(25-26-29)18-4-2-1-3-5-18/h1-9,17,21-22H,10-16H2/t21-,22-/m0/s1. The summed E-state index contributed by atoms with van der Waals surface area (Å²) >= 11 is 6.02. The molecule has 0 bridgehead atoms. The van der Waals surface area contributed by atoms with E-state index in [0.29, 0.717) is 12.1 Å². The van der Waals surface area contributed by atoms with Crippen molar-refractivity contribution in [2.24, 2.45) is 0 Å². The molecule has 2 atom stereocenters. The maximum absolute atomic E-state index is 6.02. The second-order valence-corrected chi connectivity index (χ2v) is 8.51. The average Bonchev–Trinajstić information content (AvgIpc) is 3.45. The first kappa shape index (κ1) is 18.6. The van der Waals surface area contributed by atoms with Crippen molar-refractivity contribution in [3.05, 3.63) is 65.8 Å². The van der Waals surface area contributed by atoms with Gasteiger partial charge in [0.1, 0.15) is 5.69 Å². The van der Waals surface area contributed by atoms with E-state index in [4.69, 9.17) is 11.6 Å². The van der Waals surface area contributed by atoms with Crippen LogP contribution >= 0.6 is 11.6 Å². The van der Waals surface area contributed by atoms with E-state index in [1.807, 2.05) is 30.3 Å². The van der Waals surface area contributed by atoms with Crippen LogP contribution in [0.2, 0.25) is 5.02 Å². The number of anilines is 1. The number of rotatable bonds is 4. The Balaban J connectivity index is 1.18. The van der Waals surface area contributed by atoms with Crippen LogP contribution in [0.15, 0.2) is 60.8 Å². The van der Waals surface area contributed by atoms with Crippen LogP contribution in [0.25, 0.3) is 11.3 Å². The smallest absolute Gasteiger partial charge is 0.113 e. The molecule has 1 aliphatic carbocycles. The summed E-state index contributed by atoms with van der Waals surface area (Å²) < 4.78 is 2.09. The Bertz CT molecular complexity index is 931. The zero-order valence-electron chi connectivity index (χ0n) is 16.5. The van der Waals surface area contributed by atoms with Crippen molar-refractivity contribution < 1.29 is 0 Å². The summed E-state index contributed by atoms with van der Waals surface area (Å²) in [4.78, 5) is 5.13. The molecule has 0 spiro atoms. The number of hydrogen-bond acceptors (Lipinski definition) is 4. The van der Waals surface area contributed by atoms with Crippen molar-refractivity contribution in [1.82, 2.24) is 19.9 Å². The second-order valence-electron chi connectivity index (χ2n) is 8.07. The van der Waals surface area contributed by atoms with Gasteiger partial charge in [0.25, 0.3) is 0 Å². The molecule has 2 heterocycles. The van der Waals surface area contributed by atoms with Gasteiger partial charge >= 0.3 is 0 Å². The van der Waals surface area contributed by atoms with E-state index in [0.717, 1.165) is 42.5 Å². The van der Waals surface area contributed by atoms with Crippen LogP contribution in [0, 0.1) is 0 Å². The van der Waals surface area contributed by atoms with E-state index in [2.05, 4.69) is 55.3 Å². The van der Waals surface area contributed by atoms with Gasteiger partial charge in [0, 0.05) is 48.5 Å². The Morgan fingerprint density at radius 3 is 2.31 bits per heavy atom. The summed E-state index contributed by atoms with van der Waals surface area (Å²) in [6.45, 7) is 4.38. The molecule has 0 unspecified atom stereocenters. The quantitative estimate of drug-likeness (QED) is 0.637. The van der Waals surface area contributed by atoms with Crippen molar-refractivity contribution >= 4 is 17.3 Å². The number of halogens is 1. The van der Waals surface area contributed by atoms with Gasteiger partial charge in [0.15, 0.2) is 0 Å². The molecule has 150 valence electrons. The predicted molar refractivity (Wildman–Crippen MR) is 117 cm³/mol. The number of piperazine rings is 1. The lowest BCUT2D eigenvalue weighted by molar-refractivity contribution is 0.183. The fraction of sp³-hybridized carbons (Fsp3) is 0.391. The predicted octanol–water partition coefficient (Wildman–Crippen LogP) is 4.51. The highest BCUT2D eigenvalue weighted by molar-refractivity contribution is 6.30. The van der Waals surface area contributed by atoms with Crippen molar-refractivity contribution in [3.8, 4) is 11.3 Å². The SMILES string of the molecule is Clc1ccc(N2CCN([C@H]3CC[C@H](n4cc(-c5ccccc5)nn4)C3)CC2)cc1. The van der Waals surface area contributed by atoms with Gasteiger partial charge in [-0.15, -0.1) is 5.10 Å². The minimum Gasteiger partial charge on any atom is -0.369 e. The highest BCUT2D eigenvalue weighted by Crippen LogP contribution is 2.34. The van der Waals surface area contributed by atoms with Crippen molar-refractivity contribution in [1.29, 1.82) is 0 Å². The van der Waals surface area contributed by atoms with Crippen molar-refractivity contribution in [2.45, 2.75) is 31.3 Å². The van der Waals surface area contributed by atoms with Crippen LogP contribution in [-0.2, 0) is 0 Å². The van der Waals surface area contributed by atoms with Crippen LogP contribution in [0.1, 0.15) is 25.3 Å². The molecule has 29 heavy (non-hydrogen) atoms. The number of hydrogen-bond donors (Lipinski definition) is 0. The molecule has 1 saturated carbocycles. The van der Waals surface area contributed by atoms with Crippen LogP contribution in [0.4, 0.5) is 5.69 Å². The highest BCUT2D eigenvalue weighted by atomic mass is 35.5. The lowest BCUT2D eigenvalue weighted by atomic mass is 10.1. The monoisotopic (exact) mass is 407 g/mol. The Labute approximate surface area is 176 Å². The van der Waals surface area contributed by atoms with Crippen LogP contribution in [0.3, 0.4) is 0 Å². The maximum atomic E-state index is 6.02. The maximum Gasteiger partial charge on any atom is 0.113 e. The van der Waals surface area contributed by atoms with Gasteiger partial charge < -0.3 is 4.90 Å². The van der Waals surface area contributed by atoms with E-state index in [1.165, 1.54) is 24.9 Å². The Kier molecular flexibility index (Phi) is 5.25. The molecule has 3 aromatic rings. The Hall–Kier alpha value is -2.37. The van der Waals surface area contributed by atoms with Gasteiger partial charge in [-0.25, -0.2) is 4.68 Å². The number of aromatic nitrogens is 3. The molecule has 2 fully saturated rings. The van der Waals surface area contributed by atoms with Crippen LogP contribution in [-0.4, -0.2) is 52.1 Å². The van der Waals surface area contributed by atoms with Crippen LogP contribution < -0.4 is 4.90 Å². The largest absolute Gasteiger partial charge is 0.369 e. The second kappa shape index (κ2) is 8.17. The first-order valence-electron chi connectivity index (χ1n) is 10.5. The normalized spacial score (nSPS) is 22.9. The van der Waals surface area contributed by atoms with Gasteiger partial charge in [-0.05, 0) is 43.5 Å². The van der Waals surface area contributed by atoms with Gasteiger partial charge in [-0.1, -0.05) is 47.1 Å². The van der Waals surface area contributed by atoms with Crippen molar-refractivity contribution in [2.75, 3.05) is 31.1 Å². The molecule has 2 aliphatic rings. The van der Waals surface area contributed by atoms with Gasteiger partial charge in [0.2, 0.25) is 0 Å². The number of benzene rings is 2. The lowest BCUT2D eigenvalue weighted by Crippen LogP contribution is -2.49. The topological polar surface area (TPSA) is 37.2 Å².